The van der Waals surface area contributed by atoms with Gasteiger partial charge in [0.05, 0.1) is 18.7 Å². The van der Waals surface area contributed by atoms with Crippen LogP contribution in [-0.4, -0.2) is 29.6 Å². The predicted octanol–water partition coefficient (Wildman–Crippen LogP) is 3.42. The van der Waals surface area contributed by atoms with Gasteiger partial charge in [-0.05, 0) is 37.1 Å². The summed E-state index contributed by atoms with van der Waals surface area (Å²) in [5.41, 5.74) is 4.44. The number of rotatable bonds is 5. The molecule has 0 saturated carbocycles. The Morgan fingerprint density at radius 2 is 1.81 bits per heavy atom. The zero-order chi connectivity index (χ0) is 18.7. The first-order valence-corrected chi connectivity index (χ1v) is 8.56. The zero-order valence-electron chi connectivity index (χ0n) is 15.3. The van der Waals surface area contributed by atoms with Crippen molar-refractivity contribution >= 4 is 28.3 Å². The molecule has 0 fully saturated rings. The summed E-state index contributed by atoms with van der Waals surface area (Å²) in [6.45, 7) is 3.96. The highest BCUT2D eigenvalue weighted by molar-refractivity contribution is 5.95. The van der Waals surface area contributed by atoms with Gasteiger partial charge in [-0.1, -0.05) is 36.4 Å². The van der Waals surface area contributed by atoms with Crippen molar-refractivity contribution in [3.63, 3.8) is 0 Å². The van der Waals surface area contributed by atoms with Crippen LogP contribution in [0.25, 0.3) is 10.9 Å². The summed E-state index contributed by atoms with van der Waals surface area (Å²) in [4.78, 5) is 18.9. The number of aliphatic hydroxyl groups excluding tert-OH is 1. The predicted molar refractivity (Wildman–Crippen MR) is 105 cm³/mol. The number of hydrogen-bond acceptors (Lipinski definition) is 4. The molecule has 134 valence electrons. The van der Waals surface area contributed by atoms with E-state index in [-0.39, 0.29) is 19.1 Å². The van der Waals surface area contributed by atoms with Gasteiger partial charge in [-0.15, -0.1) is 0 Å². The SMILES string of the molecule is Cc1cccc(C)c1NC(=O)CN(C)c1nc2ccccc2cc1CO. The first kappa shape index (κ1) is 17.9. The van der Waals surface area contributed by atoms with Crippen LogP contribution in [0.1, 0.15) is 16.7 Å². The van der Waals surface area contributed by atoms with Crippen molar-refractivity contribution < 1.29 is 9.90 Å². The normalized spacial score (nSPS) is 10.8. The minimum absolute atomic E-state index is 0.122. The van der Waals surface area contributed by atoms with Gasteiger partial charge in [0.25, 0.3) is 0 Å². The number of pyridine rings is 1. The van der Waals surface area contributed by atoms with Gasteiger partial charge in [-0.2, -0.15) is 0 Å². The van der Waals surface area contributed by atoms with Crippen LogP contribution in [-0.2, 0) is 11.4 Å². The lowest BCUT2D eigenvalue weighted by molar-refractivity contribution is -0.114. The van der Waals surface area contributed by atoms with Crippen molar-refractivity contribution in [2.24, 2.45) is 0 Å². The lowest BCUT2D eigenvalue weighted by Gasteiger charge is -2.21. The number of para-hydroxylation sites is 2. The molecule has 0 radical (unpaired) electrons. The Kier molecular flexibility index (Phi) is 5.19. The van der Waals surface area contributed by atoms with Gasteiger partial charge in [0.15, 0.2) is 0 Å². The van der Waals surface area contributed by atoms with Gasteiger partial charge in [0.1, 0.15) is 5.82 Å². The first-order chi connectivity index (χ1) is 12.5. The maximum Gasteiger partial charge on any atom is 0.243 e. The van der Waals surface area contributed by atoms with Crippen molar-refractivity contribution in [1.29, 1.82) is 0 Å². The van der Waals surface area contributed by atoms with Gasteiger partial charge < -0.3 is 15.3 Å². The second-order valence-corrected chi connectivity index (χ2v) is 6.49. The standard InChI is InChI=1S/C21H23N3O2/c1-14-7-6-8-15(2)20(14)23-19(26)12-24(3)21-17(13-25)11-16-9-4-5-10-18(16)22-21/h4-11,25H,12-13H2,1-3H3,(H,23,26). The van der Waals surface area contributed by atoms with Crippen molar-refractivity contribution in [2.45, 2.75) is 20.5 Å². The zero-order valence-corrected chi connectivity index (χ0v) is 15.3. The van der Waals surface area contributed by atoms with E-state index in [1.165, 1.54) is 0 Å². The number of aromatic nitrogens is 1. The Hall–Kier alpha value is -2.92. The number of anilines is 2. The Balaban J connectivity index is 1.82. The summed E-state index contributed by atoms with van der Waals surface area (Å²) in [6.07, 6.45) is 0. The van der Waals surface area contributed by atoms with E-state index < -0.39 is 0 Å². The molecule has 1 amide bonds. The average molecular weight is 349 g/mol. The lowest BCUT2D eigenvalue weighted by Crippen LogP contribution is -2.31. The lowest BCUT2D eigenvalue weighted by atomic mass is 10.1. The van der Waals surface area contributed by atoms with Crippen molar-refractivity contribution in [3.8, 4) is 0 Å². The average Bonchev–Trinajstić information content (AvgIpc) is 2.63. The van der Waals surface area contributed by atoms with E-state index in [4.69, 9.17) is 0 Å². The van der Waals surface area contributed by atoms with Gasteiger partial charge >= 0.3 is 0 Å². The fourth-order valence-corrected chi connectivity index (χ4v) is 3.08. The topological polar surface area (TPSA) is 65.5 Å². The number of amides is 1. The molecule has 0 aliphatic rings. The Morgan fingerprint density at radius 1 is 1.12 bits per heavy atom. The number of likely N-dealkylation sites (N-methyl/N-ethyl adjacent to an activating group) is 1. The monoisotopic (exact) mass is 349 g/mol. The molecule has 0 unspecified atom stereocenters. The molecular formula is C21H23N3O2. The number of aliphatic hydroxyl groups is 1. The van der Waals surface area contributed by atoms with Crippen LogP contribution < -0.4 is 10.2 Å². The van der Waals surface area contributed by atoms with Gasteiger partial charge in [0.2, 0.25) is 5.91 Å². The summed E-state index contributed by atoms with van der Waals surface area (Å²) in [5, 5.41) is 13.7. The molecule has 3 rings (SSSR count). The maximum absolute atomic E-state index is 12.5. The van der Waals surface area contributed by atoms with Crippen LogP contribution in [0, 0.1) is 13.8 Å². The highest BCUT2D eigenvalue weighted by atomic mass is 16.3. The number of nitrogens with zero attached hydrogens (tertiary/aromatic N) is 2. The van der Waals surface area contributed by atoms with Crippen molar-refractivity contribution in [3.05, 3.63) is 65.2 Å². The number of aryl methyl sites for hydroxylation is 2. The smallest absolute Gasteiger partial charge is 0.243 e. The summed E-state index contributed by atoms with van der Waals surface area (Å²) in [7, 11) is 1.81. The molecule has 2 aromatic carbocycles. The summed E-state index contributed by atoms with van der Waals surface area (Å²) in [6, 6.07) is 15.6. The summed E-state index contributed by atoms with van der Waals surface area (Å²) >= 11 is 0. The fourth-order valence-electron chi connectivity index (χ4n) is 3.08. The molecule has 1 heterocycles. The number of hydrogen-bond donors (Lipinski definition) is 2. The van der Waals surface area contributed by atoms with E-state index >= 15 is 0 Å². The summed E-state index contributed by atoms with van der Waals surface area (Å²) in [5.74, 6) is 0.492. The van der Waals surface area contributed by atoms with E-state index in [2.05, 4.69) is 10.3 Å². The van der Waals surface area contributed by atoms with Gasteiger partial charge in [0, 0.05) is 23.7 Å². The molecule has 0 saturated heterocycles. The molecule has 0 atom stereocenters. The molecule has 3 aromatic rings. The van der Waals surface area contributed by atoms with E-state index in [0.29, 0.717) is 11.4 Å². The second-order valence-electron chi connectivity index (χ2n) is 6.49. The van der Waals surface area contributed by atoms with E-state index in [0.717, 1.165) is 27.7 Å². The number of fused-ring (bicyclic) bond motifs is 1. The summed E-state index contributed by atoms with van der Waals surface area (Å²) < 4.78 is 0. The third kappa shape index (κ3) is 3.68. The Labute approximate surface area is 153 Å². The highest BCUT2D eigenvalue weighted by Crippen LogP contribution is 2.23. The number of carbonyl (C=O) groups is 1. The van der Waals surface area contributed by atoms with E-state index in [1.807, 2.05) is 62.4 Å². The van der Waals surface area contributed by atoms with Crippen molar-refractivity contribution in [2.75, 3.05) is 23.8 Å². The maximum atomic E-state index is 12.5. The molecule has 26 heavy (non-hydrogen) atoms. The Morgan fingerprint density at radius 3 is 2.50 bits per heavy atom. The van der Waals surface area contributed by atoms with Crippen LogP contribution in [0.2, 0.25) is 0 Å². The number of benzene rings is 2. The highest BCUT2D eigenvalue weighted by Gasteiger charge is 2.15. The molecule has 5 heteroatoms. The van der Waals surface area contributed by atoms with Crippen LogP contribution in [0.3, 0.4) is 0 Å². The minimum atomic E-state index is -0.129. The minimum Gasteiger partial charge on any atom is -0.392 e. The number of carbonyl (C=O) groups excluding carboxylic acids is 1. The van der Waals surface area contributed by atoms with Crippen LogP contribution in [0.5, 0.6) is 0 Å². The number of nitrogens with one attached hydrogen (secondary N) is 1. The molecular weight excluding hydrogens is 326 g/mol. The largest absolute Gasteiger partial charge is 0.392 e. The quantitative estimate of drug-likeness (QED) is 0.741. The van der Waals surface area contributed by atoms with Crippen LogP contribution in [0.15, 0.2) is 48.5 Å². The fraction of sp³-hybridized carbons (Fsp3) is 0.238. The third-order valence-corrected chi connectivity index (χ3v) is 4.44. The molecule has 0 bridgehead atoms. The Bertz CT molecular complexity index is 933. The van der Waals surface area contributed by atoms with Crippen molar-refractivity contribution in [1.82, 2.24) is 4.98 Å². The molecule has 0 aliphatic carbocycles. The molecule has 1 aromatic heterocycles. The van der Waals surface area contributed by atoms with Gasteiger partial charge in [-0.25, -0.2) is 4.98 Å². The molecule has 0 spiro atoms. The van der Waals surface area contributed by atoms with Crippen LogP contribution in [0.4, 0.5) is 11.5 Å². The van der Waals surface area contributed by atoms with E-state index in [1.54, 1.807) is 11.9 Å². The molecule has 5 nitrogen and oxygen atoms in total. The van der Waals surface area contributed by atoms with Crippen LogP contribution >= 0.6 is 0 Å². The second kappa shape index (κ2) is 7.54. The third-order valence-electron chi connectivity index (χ3n) is 4.44. The molecule has 2 N–H and O–H groups in total. The molecule has 0 aliphatic heterocycles. The van der Waals surface area contributed by atoms with Gasteiger partial charge in [-0.3, -0.25) is 4.79 Å². The first-order valence-electron chi connectivity index (χ1n) is 8.56. The van der Waals surface area contributed by atoms with E-state index in [9.17, 15) is 9.90 Å².